The highest BCUT2D eigenvalue weighted by Gasteiger charge is 2.38. The average molecular weight is 325 g/mol. The molecule has 0 radical (unpaired) electrons. The number of rotatable bonds is 6. The summed E-state index contributed by atoms with van der Waals surface area (Å²) in [4.78, 5) is 10.7. The topological polar surface area (TPSA) is 87.3 Å². The Hall–Kier alpha value is -1.81. The van der Waals surface area contributed by atoms with Gasteiger partial charge in [0, 0.05) is 17.9 Å². The van der Waals surface area contributed by atoms with Gasteiger partial charge in [-0.05, 0) is 30.7 Å². The van der Waals surface area contributed by atoms with E-state index in [0.717, 1.165) is 12.1 Å². The third kappa shape index (κ3) is 6.00. The molecule has 0 spiro atoms. The van der Waals surface area contributed by atoms with E-state index in [2.05, 4.69) is 9.44 Å². The molecule has 1 aromatic carbocycles. The van der Waals surface area contributed by atoms with Crippen LogP contribution in [0.2, 0.25) is 0 Å². The lowest BCUT2D eigenvalue weighted by Gasteiger charge is -2.10. The summed E-state index contributed by atoms with van der Waals surface area (Å²) < 4.78 is 63.6. The molecular formula is C11H14F3N3O3S. The van der Waals surface area contributed by atoms with Crippen LogP contribution in [0, 0.1) is 0 Å². The molecule has 10 heteroatoms. The van der Waals surface area contributed by atoms with Gasteiger partial charge < -0.3 is 5.32 Å². The molecular weight excluding hydrogens is 311 g/mol. The standard InChI is InChI=1S/C11H14F3N3O3S/c1-2-7-15-21(19,20)17-9-5-3-8(4-6-9)16-10(18)11(12,13)14/h3-6,15,17H,2,7H2,1H3,(H,16,18). The number of carbonyl (C=O) groups excluding carboxylic acids is 1. The van der Waals surface area contributed by atoms with Crippen molar-refractivity contribution in [1.29, 1.82) is 0 Å². The zero-order valence-corrected chi connectivity index (χ0v) is 11.8. The van der Waals surface area contributed by atoms with Crippen LogP contribution in [0.3, 0.4) is 0 Å². The van der Waals surface area contributed by atoms with Gasteiger partial charge in [-0.2, -0.15) is 26.3 Å². The molecule has 0 unspecified atom stereocenters. The van der Waals surface area contributed by atoms with Crippen LogP contribution in [-0.2, 0) is 15.0 Å². The van der Waals surface area contributed by atoms with Gasteiger partial charge in [-0.15, -0.1) is 0 Å². The molecule has 0 heterocycles. The largest absolute Gasteiger partial charge is 0.471 e. The lowest BCUT2D eigenvalue weighted by molar-refractivity contribution is -0.167. The summed E-state index contributed by atoms with van der Waals surface area (Å²) in [7, 11) is -3.72. The molecule has 6 nitrogen and oxygen atoms in total. The number of hydrogen-bond donors (Lipinski definition) is 3. The molecule has 1 aromatic rings. The monoisotopic (exact) mass is 325 g/mol. The van der Waals surface area contributed by atoms with Crippen molar-refractivity contribution in [3.8, 4) is 0 Å². The van der Waals surface area contributed by atoms with E-state index in [1.54, 1.807) is 12.2 Å². The smallest absolute Gasteiger partial charge is 0.318 e. The minimum atomic E-state index is -4.98. The fourth-order valence-electron chi connectivity index (χ4n) is 1.25. The van der Waals surface area contributed by atoms with E-state index in [0.29, 0.717) is 6.42 Å². The first-order valence-electron chi connectivity index (χ1n) is 5.89. The molecule has 0 aromatic heterocycles. The van der Waals surface area contributed by atoms with Crippen LogP contribution < -0.4 is 14.8 Å². The third-order valence-electron chi connectivity index (χ3n) is 2.19. The van der Waals surface area contributed by atoms with Gasteiger partial charge in [-0.1, -0.05) is 6.92 Å². The van der Waals surface area contributed by atoms with Gasteiger partial charge in [0.25, 0.3) is 10.2 Å². The predicted molar refractivity (Wildman–Crippen MR) is 72.0 cm³/mol. The third-order valence-corrected chi connectivity index (χ3v) is 3.28. The van der Waals surface area contributed by atoms with Gasteiger partial charge in [-0.3, -0.25) is 9.52 Å². The van der Waals surface area contributed by atoms with Gasteiger partial charge in [0.05, 0.1) is 0 Å². The number of hydrogen-bond acceptors (Lipinski definition) is 3. The van der Waals surface area contributed by atoms with Gasteiger partial charge in [0.1, 0.15) is 0 Å². The molecule has 0 aliphatic carbocycles. The lowest BCUT2D eigenvalue weighted by Crippen LogP contribution is -2.31. The Morgan fingerprint density at radius 1 is 1.14 bits per heavy atom. The van der Waals surface area contributed by atoms with Gasteiger partial charge >= 0.3 is 12.1 Å². The van der Waals surface area contributed by atoms with Crippen LogP contribution >= 0.6 is 0 Å². The maximum absolute atomic E-state index is 12.0. The normalized spacial score (nSPS) is 12.0. The van der Waals surface area contributed by atoms with Crippen LogP contribution in [0.25, 0.3) is 0 Å². The van der Waals surface area contributed by atoms with E-state index in [1.165, 1.54) is 12.1 Å². The summed E-state index contributed by atoms with van der Waals surface area (Å²) in [6.45, 7) is 2.05. The number of benzene rings is 1. The molecule has 3 N–H and O–H groups in total. The van der Waals surface area contributed by atoms with Gasteiger partial charge in [0.2, 0.25) is 0 Å². The van der Waals surface area contributed by atoms with E-state index < -0.39 is 22.3 Å². The fraction of sp³-hybridized carbons (Fsp3) is 0.364. The molecule has 0 bridgehead atoms. The quantitative estimate of drug-likeness (QED) is 0.746. The summed E-state index contributed by atoms with van der Waals surface area (Å²) in [6, 6.07) is 4.77. The first-order chi connectivity index (χ1) is 9.64. The zero-order valence-electron chi connectivity index (χ0n) is 11.0. The van der Waals surface area contributed by atoms with E-state index >= 15 is 0 Å². The second kappa shape index (κ2) is 6.76. The highest BCUT2D eigenvalue weighted by atomic mass is 32.2. The summed E-state index contributed by atoms with van der Waals surface area (Å²) in [5.41, 5.74) is 0.0606. The Kier molecular flexibility index (Phi) is 5.55. The molecule has 1 rings (SSSR count). The number of anilines is 2. The Morgan fingerprint density at radius 2 is 1.67 bits per heavy atom. The van der Waals surface area contributed by atoms with Crippen LogP contribution in [0.5, 0.6) is 0 Å². The molecule has 1 amide bonds. The summed E-state index contributed by atoms with van der Waals surface area (Å²) in [5, 5.41) is 1.65. The molecule has 0 saturated carbocycles. The van der Waals surface area contributed by atoms with Crippen molar-refractivity contribution < 1.29 is 26.4 Å². The Morgan fingerprint density at radius 3 is 2.14 bits per heavy atom. The Labute approximate surface area is 119 Å². The van der Waals surface area contributed by atoms with Crippen LogP contribution in [-0.4, -0.2) is 27.0 Å². The second-order valence-corrected chi connectivity index (χ2v) is 5.53. The van der Waals surface area contributed by atoms with Crippen LogP contribution in [0.15, 0.2) is 24.3 Å². The fourth-order valence-corrected chi connectivity index (χ4v) is 2.24. The van der Waals surface area contributed by atoms with Crippen molar-refractivity contribution in [1.82, 2.24) is 4.72 Å². The number of nitrogens with one attached hydrogen (secondary N) is 3. The molecule has 0 fully saturated rings. The van der Waals surface area contributed by atoms with Crippen molar-refractivity contribution in [3.05, 3.63) is 24.3 Å². The molecule has 0 aliphatic rings. The van der Waals surface area contributed by atoms with E-state index in [-0.39, 0.29) is 17.9 Å². The first kappa shape index (κ1) is 17.2. The SMILES string of the molecule is CCCNS(=O)(=O)Nc1ccc(NC(=O)C(F)(F)F)cc1. The summed E-state index contributed by atoms with van der Waals surface area (Å²) >= 11 is 0. The molecule has 21 heavy (non-hydrogen) atoms. The van der Waals surface area contributed by atoms with E-state index in [1.807, 2.05) is 0 Å². The van der Waals surface area contributed by atoms with Gasteiger partial charge in [-0.25, -0.2) is 0 Å². The molecule has 0 aliphatic heterocycles. The van der Waals surface area contributed by atoms with Crippen molar-refractivity contribution in [3.63, 3.8) is 0 Å². The number of amides is 1. The highest BCUT2D eigenvalue weighted by molar-refractivity contribution is 7.90. The van der Waals surface area contributed by atoms with Crippen molar-refractivity contribution in [2.24, 2.45) is 0 Å². The Balaban J connectivity index is 2.69. The second-order valence-electron chi connectivity index (χ2n) is 4.03. The first-order valence-corrected chi connectivity index (χ1v) is 7.38. The highest BCUT2D eigenvalue weighted by Crippen LogP contribution is 2.19. The summed E-state index contributed by atoms with van der Waals surface area (Å²) in [5.74, 6) is -2.10. The van der Waals surface area contributed by atoms with Crippen molar-refractivity contribution in [2.75, 3.05) is 16.6 Å². The number of halogens is 3. The zero-order chi connectivity index (χ0) is 16.1. The lowest BCUT2D eigenvalue weighted by atomic mass is 10.3. The van der Waals surface area contributed by atoms with Crippen molar-refractivity contribution in [2.45, 2.75) is 19.5 Å². The van der Waals surface area contributed by atoms with Crippen molar-refractivity contribution >= 4 is 27.5 Å². The van der Waals surface area contributed by atoms with E-state index in [4.69, 9.17) is 0 Å². The average Bonchev–Trinajstić information content (AvgIpc) is 2.37. The molecule has 0 saturated heterocycles. The summed E-state index contributed by atoms with van der Waals surface area (Å²) in [6.07, 6.45) is -4.37. The maximum atomic E-state index is 12.0. The predicted octanol–water partition coefficient (Wildman–Crippen LogP) is 1.84. The maximum Gasteiger partial charge on any atom is 0.471 e. The van der Waals surface area contributed by atoms with Crippen LogP contribution in [0.4, 0.5) is 24.5 Å². The van der Waals surface area contributed by atoms with Gasteiger partial charge in [0.15, 0.2) is 0 Å². The Bertz CT molecular complexity index is 585. The number of alkyl halides is 3. The minimum absolute atomic E-state index is 0.0956. The molecule has 0 atom stereocenters. The van der Waals surface area contributed by atoms with E-state index in [9.17, 15) is 26.4 Å². The number of carbonyl (C=O) groups is 1. The van der Waals surface area contributed by atoms with Crippen LogP contribution in [0.1, 0.15) is 13.3 Å². The minimum Gasteiger partial charge on any atom is -0.318 e. The molecule has 118 valence electrons.